The highest BCUT2D eigenvalue weighted by molar-refractivity contribution is 6.30. The Morgan fingerprint density at radius 2 is 1.93 bits per heavy atom. The van der Waals surface area contributed by atoms with Gasteiger partial charge in [0.1, 0.15) is 0 Å². The molecule has 1 heterocycles. The lowest BCUT2D eigenvalue weighted by molar-refractivity contribution is 0.306. The van der Waals surface area contributed by atoms with Crippen LogP contribution in [0.25, 0.3) is 0 Å². The van der Waals surface area contributed by atoms with Gasteiger partial charge in [0.05, 0.1) is 0 Å². The molecule has 3 rings (SSSR count). The molecule has 1 aromatic carbocycles. The zero-order valence-electron chi connectivity index (χ0n) is 8.85. The molecular formula is C13H16ClN. The molecule has 0 aromatic heterocycles. The number of rotatable bonds is 0. The SMILES string of the molecule is Clc1ccc2c(c1)CCC21CCNCC1. The number of hydrogen-bond acceptors (Lipinski definition) is 1. The predicted octanol–water partition coefficient (Wildman–Crippen LogP) is 2.91. The zero-order chi connectivity index (χ0) is 10.3. The van der Waals surface area contributed by atoms with Gasteiger partial charge in [-0.2, -0.15) is 0 Å². The van der Waals surface area contributed by atoms with Gasteiger partial charge in [0.2, 0.25) is 0 Å². The maximum absolute atomic E-state index is 6.04. The number of hydrogen-bond donors (Lipinski definition) is 1. The molecule has 1 fully saturated rings. The van der Waals surface area contributed by atoms with Gasteiger partial charge < -0.3 is 5.32 Å². The summed E-state index contributed by atoms with van der Waals surface area (Å²) in [5.41, 5.74) is 3.54. The van der Waals surface area contributed by atoms with Gasteiger partial charge >= 0.3 is 0 Å². The minimum atomic E-state index is 0.477. The second-order valence-corrected chi connectivity index (χ2v) is 5.27. The molecule has 0 amide bonds. The third-order valence-electron chi connectivity index (χ3n) is 4.07. The van der Waals surface area contributed by atoms with Crippen LogP contribution in [0.5, 0.6) is 0 Å². The zero-order valence-corrected chi connectivity index (χ0v) is 9.61. The summed E-state index contributed by atoms with van der Waals surface area (Å²) >= 11 is 6.04. The molecule has 1 aromatic rings. The van der Waals surface area contributed by atoms with Gasteiger partial charge in [-0.25, -0.2) is 0 Å². The normalized spacial score (nSPS) is 23.0. The van der Waals surface area contributed by atoms with E-state index < -0.39 is 0 Å². The van der Waals surface area contributed by atoms with E-state index in [1.165, 1.54) is 44.3 Å². The summed E-state index contributed by atoms with van der Waals surface area (Å²) in [5.74, 6) is 0. The molecule has 1 nitrogen and oxygen atoms in total. The monoisotopic (exact) mass is 221 g/mol. The van der Waals surface area contributed by atoms with Crippen molar-refractivity contribution in [2.24, 2.45) is 0 Å². The number of halogens is 1. The highest BCUT2D eigenvalue weighted by Crippen LogP contribution is 2.45. The lowest BCUT2D eigenvalue weighted by Crippen LogP contribution is -2.38. The summed E-state index contributed by atoms with van der Waals surface area (Å²) in [6.07, 6.45) is 5.13. The van der Waals surface area contributed by atoms with Gasteiger partial charge in [-0.1, -0.05) is 17.7 Å². The third kappa shape index (κ3) is 1.49. The fraction of sp³-hybridized carbons (Fsp3) is 0.538. The Morgan fingerprint density at radius 3 is 2.73 bits per heavy atom. The van der Waals surface area contributed by atoms with E-state index in [0.717, 1.165) is 5.02 Å². The minimum Gasteiger partial charge on any atom is -0.317 e. The van der Waals surface area contributed by atoms with Crippen LogP contribution in [0.2, 0.25) is 5.02 Å². The van der Waals surface area contributed by atoms with E-state index in [4.69, 9.17) is 11.6 Å². The summed E-state index contributed by atoms with van der Waals surface area (Å²) in [6, 6.07) is 6.47. The van der Waals surface area contributed by atoms with Crippen LogP contribution in [0, 0.1) is 0 Å². The first kappa shape index (κ1) is 9.68. The first-order valence-corrected chi connectivity index (χ1v) is 6.18. The molecule has 1 N–H and O–H groups in total. The van der Waals surface area contributed by atoms with E-state index in [1.54, 1.807) is 5.56 Å². The van der Waals surface area contributed by atoms with Crippen molar-refractivity contribution in [2.45, 2.75) is 31.1 Å². The third-order valence-corrected chi connectivity index (χ3v) is 4.31. The van der Waals surface area contributed by atoms with Crippen LogP contribution in [0.15, 0.2) is 18.2 Å². The summed E-state index contributed by atoms with van der Waals surface area (Å²) in [4.78, 5) is 0. The van der Waals surface area contributed by atoms with Gasteiger partial charge in [-0.05, 0) is 67.4 Å². The lowest BCUT2D eigenvalue weighted by Gasteiger charge is -2.35. The Labute approximate surface area is 95.8 Å². The van der Waals surface area contributed by atoms with E-state index in [-0.39, 0.29) is 0 Å². The molecule has 0 radical (unpaired) electrons. The van der Waals surface area contributed by atoms with Gasteiger partial charge in [0.15, 0.2) is 0 Å². The van der Waals surface area contributed by atoms with Gasteiger partial charge in [-0.15, -0.1) is 0 Å². The minimum absolute atomic E-state index is 0.477. The summed E-state index contributed by atoms with van der Waals surface area (Å²) in [5, 5.41) is 4.34. The van der Waals surface area contributed by atoms with Crippen molar-refractivity contribution in [2.75, 3.05) is 13.1 Å². The van der Waals surface area contributed by atoms with Crippen molar-refractivity contribution in [3.63, 3.8) is 0 Å². The predicted molar refractivity (Wildman–Crippen MR) is 63.6 cm³/mol. The molecule has 0 bridgehead atoms. The van der Waals surface area contributed by atoms with Crippen molar-refractivity contribution in [3.05, 3.63) is 34.3 Å². The molecule has 0 saturated carbocycles. The standard InChI is InChI=1S/C13H16ClN/c14-11-1-2-12-10(9-11)3-4-13(12)5-7-15-8-6-13/h1-2,9,15H,3-8H2. The van der Waals surface area contributed by atoms with Crippen molar-refractivity contribution < 1.29 is 0 Å². The summed E-state index contributed by atoms with van der Waals surface area (Å²) < 4.78 is 0. The molecule has 1 aliphatic heterocycles. The van der Waals surface area contributed by atoms with E-state index in [2.05, 4.69) is 23.5 Å². The average molecular weight is 222 g/mol. The number of nitrogens with one attached hydrogen (secondary N) is 1. The molecule has 80 valence electrons. The van der Waals surface area contributed by atoms with Crippen LogP contribution in [-0.4, -0.2) is 13.1 Å². The van der Waals surface area contributed by atoms with Crippen LogP contribution >= 0.6 is 11.6 Å². The van der Waals surface area contributed by atoms with Gasteiger partial charge in [-0.3, -0.25) is 0 Å². The highest BCUT2D eigenvalue weighted by Gasteiger charge is 2.39. The van der Waals surface area contributed by atoms with Crippen molar-refractivity contribution in [3.8, 4) is 0 Å². The number of aryl methyl sites for hydroxylation is 1. The van der Waals surface area contributed by atoms with E-state index in [1.807, 2.05) is 0 Å². The Morgan fingerprint density at radius 1 is 1.13 bits per heavy atom. The Bertz CT molecular complexity index is 380. The molecule has 0 atom stereocenters. The van der Waals surface area contributed by atoms with E-state index >= 15 is 0 Å². The van der Waals surface area contributed by atoms with E-state index in [9.17, 15) is 0 Å². The molecule has 1 aliphatic carbocycles. The summed E-state index contributed by atoms with van der Waals surface area (Å²) in [7, 11) is 0. The smallest absolute Gasteiger partial charge is 0.0408 e. The van der Waals surface area contributed by atoms with Crippen molar-refractivity contribution in [1.82, 2.24) is 5.32 Å². The van der Waals surface area contributed by atoms with Gasteiger partial charge in [0, 0.05) is 5.02 Å². The average Bonchev–Trinajstić information content (AvgIpc) is 2.58. The second kappa shape index (κ2) is 3.50. The van der Waals surface area contributed by atoms with Gasteiger partial charge in [0.25, 0.3) is 0 Å². The topological polar surface area (TPSA) is 12.0 Å². The van der Waals surface area contributed by atoms with Crippen LogP contribution < -0.4 is 5.32 Å². The Hall–Kier alpha value is -0.530. The molecule has 2 heteroatoms. The van der Waals surface area contributed by atoms with Crippen molar-refractivity contribution in [1.29, 1.82) is 0 Å². The fourth-order valence-corrected chi connectivity index (χ4v) is 3.41. The highest BCUT2D eigenvalue weighted by atomic mass is 35.5. The number of benzene rings is 1. The largest absolute Gasteiger partial charge is 0.317 e. The second-order valence-electron chi connectivity index (χ2n) is 4.83. The molecule has 1 spiro atoms. The first-order chi connectivity index (χ1) is 7.30. The van der Waals surface area contributed by atoms with Crippen molar-refractivity contribution >= 4 is 11.6 Å². The maximum atomic E-state index is 6.04. The Balaban J connectivity index is 2.03. The molecule has 15 heavy (non-hydrogen) atoms. The summed E-state index contributed by atoms with van der Waals surface area (Å²) in [6.45, 7) is 2.34. The molecule has 1 saturated heterocycles. The number of fused-ring (bicyclic) bond motifs is 2. The Kier molecular flexibility index (Phi) is 2.26. The lowest BCUT2D eigenvalue weighted by atomic mass is 9.74. The van der Waals surface area contributed by atoms with Crippen LogP contribution in [0.3, 0.4) is 0 Å². The van der Waals surface area contributed by atoms with E-state index in [0.29, 0.717) is 5.41 Å². The molecule has 2 aliphatic rings. The van der Waals surface area contributed by atoms with Crippen LogP contribution in [0.1, 0.15) is 30.4 Å². The first-order valence-electron chi connectivity index (χ1n) is 5.80. The fourth-order valence-electron chi connectivity index (χ4n) is 3.22. The van der Waals surface area contributed by atoms with Crippen LogP contribution in [-0.2, 0) is 11.8 Å². The number of piperidine rings is 1. The maximum Gasteiger partial charge on any atom is 0.0408 e. The molecule has 0 unspecified atom stereocenters. The van der Waals surface area contributed by atoms with Crippen LogP contribution in [0.4, 0.5) is 0 Å². The quantitative estimate of drug-likeness (QED) is 0.711. The molecular weight excluding hydrogens is 206 g/mol.